The molecule has 5 heteroatoms. The monoisotopic (exact) mass is 231 g/mol. The summed E-state index contributed by atoms with van der Waals surface area (Å²) in [4.78, 5) is 3.78. The topological polar surface area (TPSA) is 48.8 Å². The predicted octanol–water partition coefficient (Wildman–Crippen LogP) is 3.63. The van der Waals surface area contributed by atoms with Crippen LogP contribution in [0.5, 0.6) is 0 Å². The molecule has 0 amide bonds. The molecule has 58 valence electrons. The minimum atomic E-state index is 0.440. The largest absolute Gasteiger partial charge is 0.147 e. The van der Waals surface area contributed by atoms with E-state index in [0.29, 0.717) is 6.54 Å². The average Bonchev–Trinajstić information content (AvgIpc) is 2.31. The number of azide groups is 1. The van der Waals surface area contributed by atoms with E-state index in [2.05, 4.69) is 26.0 Å². The van der Waals surface area contributed by atoms with Crippen LogP contribution in [0.25, 0.3) is 10.4 Å². The lowest BCUT2D eigenvalue weighted by molar-refractivity contribution is 1.07. The maximum Gasteiger partial charge on any atom is 0.0616 e. The molecule has 0 aromatic carbocycles. The highest BCUT2D eigenvalue weighted by Crippen LogP contribution is 2.28. The van der Waals surface area contributed by atoms with E-state index >= 15 is 0 Å². The van der Waals surface area contributed by atoms with Crippen LogP contribution in [0, 0.1) is 6.92 Å². The maximum atomic E-state index is 8.07. The summed E-state index contributed by atoms with van der Waals surface area (Å²) in [6, 6.07) is 0. The number of thiophene rings is 1. The molecule has 0 radical (unpaired) electrons. The molecular weight excluding hydrogens is 226 g/mol. The van der Waals surface area contributed by atoms with Gasteiger partial charge in [-0.05, 0) is 39.3 Å². The average molecular weight is 232 g/mol. The molecule has 0 saturated heterocycles. The van der Waals surface area contributed by atoms with E-state index in [4.69, 9.17) is 5.53 Å². The van der Waals surface area contributed by atoms with Gasteiger partial charge in [-0.2, -0.15) is 0 Å². The molecule has 0 aliphatic rings. The molecule has 0 aliphatic heterocycles. The van der Waals surface area contributed by atoms with Crippen LogP contribution in [0.4, 0.5) is 0 Å². The Morgan fingerprint density at radius 2 is 2.55 bits per heavy atom. The van der Waals surface area contributed by atoms with Gasteiger partial charge in [0.15, 0.2) is 0 Å². The quantitative estimate of drug-likeness (QED) is 0.424. The Balaban J connectivity index is 2.86. The van der Waals surface area contributed by atoms with Crippen LogP contribution in [-0.2, 0) is 6.54 Å². The van der Waals surface area contributed by atoms with Crippen molar-refractivity contribution in [3.63, 3.8) is 0 Å². The molecule has 11 heavy (non-hydrogen) atoms. The summed E-state index contributed by atoms with van der Waals surface area (Å²) in [5.41, 5.74) is 9.27. The SMILES string of the molecule is Cc1csc(CN=[N+]=[N-])c1Br. The zero-order chi connectivity index (χ0) is 8.27. The van der Waals surface area contributed by atoms with Crippen LogP contribution in [0.15, 0.2) is 15.0 Å². The Morgan fingerprint density at radius 3 is 3.00 bits per heavy atom. The lowest BCUT2D eigenvalue weighted by atomic mass is 10.3. The third-order valence-electron chi connectivity index (χ3n) is 1.25. The molecular formula is C6H6BrN3S. The van der Waals surface area contributed by atoms with Gasteiger partial charge in [-0.1, -0.05) is 5.11 Å². The van der Waals surface area contributed by atoms with Crippen molar-refractivity contribution < 1.29 is 0 Å². The fourth-order valence-corrected chi connectivity index (χ4v) is 2.19. The molecule has 1 heterocycles. The highest BCUT2D eigenvalue weighted by molar-refractivity contribution is 9.10. The maximum absolute atomic E-state index is 8.07. The van der Waals surface area contributed by atoms with Crippen LogP contribution in [0.1, 0.15) is 10.4 Å². The molecule has 1 aromatic rings. The van der Waals surface area contributed by atoms with Gasteiger partial charge in [-0.3, -0.25) is 0 Å². The number of aryl methyl sites for hydroxylation is 1. The van der Waals surface area contributed by atoms with E-state index in [1.54, 1.807) is 11.3 Å². The normalized spacial score (nSPS) is 9.27. The Hall–Kier alpha value is -0.510. The summed E-state index contributed by atoms with van der Waals surface area (Å²) >= 11 is 5.01. The van der Waals surface area contributed by atoms with Crippen LogP contribution in [0.3, 0.4) is 0 Å². The summed E-state index contributed by atoms with van der Waals surface area (Å²) in [6.45, 7) is 2.45. The van der Waals surface area contributed by atoms with Crippen LogP contribution >= 0.6 is 27.3 Å². The molecule has 3 nitrogen and oxygen atoms in total. The molecule has 0 unspecified atom stereocenters. The number of hydrogen-bond donors (Lipinski definition) is 0. The van der Waals surface area contributed by atoms with Gasteiger partial charge in [0.05, 0.1) is 6.54 Å². The summed E-state index contributed by atoms with van der Waals surface area (Å²) in [7, 11) is 0. The van der Waals surface area contributed by atoms with E-state index in [-0.39, 0.29) is 0 Å². The zero-order valence-electron chi connectivity index (χ0n) is 5.91. The van der Waals surface area contributed by atoms with Gasteiger partial charge >= 0.3 is 0 Å². The molecule has 1 aromatic heterocycles. The highest BCUT2D eigenvalue weighted by atomic mass is 79.9. The van der Waals surface area contributed by atoms with Crippen molar-refractivity contribution in [1.29, 1.82) is 0 Å². The zero-order valence-corrected chi connectivity index (χ0v) is 8.31. The second-order valence-electron chi connectivity index (χ2n) is 2.04. The van der Waals surface area contributed by atoms with Crippen molar-refractivity contribution in [3.8, 4) is 0 Å². The smallest absolute Gasteiger partial charge is 0.0616 e. The Bertz CT molecular complexity index is 301. The first-order valence-electron chi connectivity index (χ1n) is 2.99. The van der Waals surface area contributed by atoms with Gasteiger partial charge < -0.3 is 0 Å². The Kier molecular flexibility index (Phi) is 2.93. The van der Waals surface area contributed by atoms with Gasteiger partial charge in [0.2, 0.25) is 0 Å². The van der Waals surface area contributed by atoms with Gasteiger partial charge in [0, 0.05) is 14.3 Å². The van der Waals surface area contributed by atoms with Crippen molar-refractivity contribution in [1.82, 2.24) is 0 Å². The minimum absolute atomic E-state index is 0.440. The fourth-order valence-electron chi connectivity index (χ4n) is 0.685. The Morgan fingerprint density at radius 1 is 1.82 bits per heavy atom. The first kappa shape index (κ1) is 8.59. The molecule has 0 saturated carbocycles. The molecule has 0 fully saturated rings. The van der Waals surface area contributed by atoms with Crippen molar-refractivity contribution >= 4 is 27.3 Å². The van der Waals surface area contributed by atoms with Crippen LogP contribution in [0.2, 0.25) is 0 Å². The number of halogens is 1. The molecule has 0 N–H and O–H groups in total. The molecule has 0 spiro atoms. The van der Waals surface area contributed by atoms with Crippen molar-refractivity contribution in [2.45, 2.75) is 13.5 Å². The molecule has 1 rings (SSSR count). The van der Waals surface area contributed by atoms with Gasteiger partial charge in [0.25, 0.3) is 0 Å². The summed E-state index contributed by atoms with van der Waals surface area (Å²) < 4.78 is 1.06. The van der Waals surface area contributed by atoms with E-state index in [0.717, 1.165) is 9.35 Å². The van der Waals surface area contributed by atoms with Crippen molar-refractivity contribution in [3.05, 3.63) is 30.7 Å². The minimum Gasteiger partial charge on any atom is -0.147 e. The van der Waals surface area contributed by atoms with Crippen molar-refractivity contribution in [2.24, 2.45) is 5.11 Å². The number of hydrogen-bond acceptors (Lipinski definition) is 2. The third kappa shape index (κ3) is 1.96. The van der Waals surface area contributed by atoms with Gasteiger partial charge in [0.1, 0.15) is 0 Å². The second kappa shape index (κ2) is 3.76. The van der Waals surface area contributed by atoms with E-state index in [1.165, 1.54) is 5.56 Å². The lowest BCUT2D eigenvalue weighted by Gasteiger charge is -1.89. The first-order valence-corrected chi connectivity index (χ1v) is 4.66. The standard InChI is InChI=1S/C6H6BrN3S/c1-4-3-11-5(6(4)7)2-9-10-8/h3H,2H2,1H3. The predicted molar refractivity (Wildman–Crippen MR) is 49.6 cm³/mol. The molecule has 0 bridgehead atoms. The van der Waals surface area contributed by atoms with E-state index in [1.807, 2.05) is 12.3 Å². The van der Waals surface area contributed by atoms with E-state index in [9.17, 15) is 0 Å². The molecule has 0 atom stereocenters. The summed E-state index contributed by atoms with van der Waals surface area (Å²) in [5, 5.41) is 5.51. The number of nitrogens with zero attached hydrogens (tertiary/aromatic N) is 3. The van der Waals surface area contributed by atoms with Gasteiger partial charge in [-0.15, -0.1) is 11.3 Å². The summed E-state index contributed by atoms with van der Waals surface area (Å²) in [5.74, 6) is 0. The Labute approximate surface area is 76.8 Å². The van der Waals surface area contributed by atoms with Crippen LogP contribution < -0.4 is 0 Å². The second-order valence-corrected chi connectivity index (χ2v) is 3.80. The van der Waals surface area contributed by atoms with Crippen molar-refractivity contribution in [2.75, 3.05) is 0 Å². The lowest BCUT2D eigenvalue weighted by Crippen LogP contribution is -1.73. The first-order chi connectivity index (χ1) is 5.25. The highest BCUT2D eigenvalue weighted by Gasteiger charge is 2.02. The van der Waals surface area contributed by atoms with Crippen LogP contribution in [-0.4, -0.2) is 0 Å². The van der Waals surface area contributed by atoms with E-state index < -0.39 is 0 Å². The fraction of sp³-hybridized carbons (Fsp3) is 0.333. The third-order valence-corrected chi connectivity index (χ3v) is 3.70. The van der Waals surface area contributed by atoms with Gasteiger partial charge in [-0.25, -0.2) is 0 Å². The number of rotatable bonds is 2. The summed E-state index contributed by atoms with van der Waals surface area (Å²) in [6.07, 6.45) is 0. The molecule has 0 aliphatic carbocycles.